The van der Waals surface area contributed by atoms with E-state index in [0.29, 0.717) is 32.4 Å². The second kappa shape index (κ2) is 6.27. The van der Waals surface area contributed by atoms with Gasteiger partial charge >= 0.3 is 0 Å². The summed E-state index contributed by atoms with van der Waals surface area (Å²) >= 11 is 0. The predicted octanol–water partition coefficient (Wildman–Crippen LogP) is -0.401. The van der Waals surface area contributed by atoms with Crippen LogP contribution < -0.4 is 5.11 Å². The number of piperidine rings is 1. The van der Waals surface area contributed by atoms with Gasteiger partial charge in [0.15, 0.2) is 5.76 Å². The summed E-state index contributed by atoms with van der Waals surface area (Å²) in [6.45, 7) is 2.48. The molecule has 2 fully saturated rings. The summed E-state index contributed by atoms with van der Waals surface area (Å²) in [7, 11) is 0. The zero-order valence-corrected chi connectivity index (χ0v) is 13.4. The van der Waals surface area contributed by atoms with Crippen molar-refractivity contribution in [1.29, 1.82) is 0 Å². The van der Waals surface area contributed by atoms with Crippen molar-refractivity contribution in [2.75, 3.05) is 19.7 Å². The average molecular weight is 335 g/mol. The van der Waals surface area contributed by atoms with Crippen molar-refractivity contribution < 1.29 is 28.6 Å². The number of likely N-dealkylation sites (tertiary alicyclic amines) is 1. The van der Waals surface area contributed by atoms with E-state index in [9.17, 15) is 19.5 Å². The number of carbonyl (C=O) groups excluding carboxylic acids is 3. The number of hydrogen-bond donors (Lipinski definition) is 0. The largest absolute Gasteiger partial charge is 0.548 e. The highest BCUT2D eigenvalue weighted by Crippen LogP contribution is 2.38. The SMILES string of the molecule is CCC(=O)N1CCC2(CC1)OC[C@@H](C(=O)[O-])N2C(=O)c1ccco1. The summed E-state index contributed by atoms with van der Waals surface area (Å²) < 4.78 is 10.9. The van der Waals surface area contributed by atoms with Gasteiger partial charge in [-0.15, -0.1) is 0 Å². The molecular formula is C16H19N2O6-. The Kier molecular flexibility index (Phi) is 4.31. The first-order chi connectivity index (χ1) is 11.5. The lowest BCUT2D eigenvalue weighted by Crippen LogP contribution is -2.60. The van der Waals surface area contributed by atoms with E-state index in [-0.39, 0.29) is 18.3 Å². The van der Waals surface area contributed by atoms with Crippen LogP contribution in [0, 0.1) is 0 Å². The number of rotatable bonds is 3. The first kappa shape index (κ1) is 16.5. The molecule has 0 radical (unpaired) electrons. The van der Waals surface area contributed by atoms with Crippen molar-refractivity contribution in [3.63, 3.8) is 0 Å². The average Bonchev–Trinajstić information content (AvgIpc) is 3.23. The topological polar surface area (TPSA) is 103 Å². The standard InChI is InChI=1S/C16H20N2O6/c1-2-13(19)17-7-5-16(6-8-17)18(11(10-24-16)15(21)22)14(20)12-4-3-9-23-12/h3-4,9,11H,2,5-8,10H2,1H3,(H,21,22)/p-1/t11-/m0/s1. The van der Waals surface area contributed by atoms with Crippen LogP contribution in [0.25, 0.3) is 0 Å². The molecule has 1 atom stereocenters. The third kappa shape index (κ3) is 2.66. The van der Waals surface area contributed by atoms with Crippen LogP contribution in [0.3, 0.4) is 0 Å². The van der Waals surface area contributed by atoms with Crippen LogP contribution in [0.15, 0.2) is 22.8 Å². The second-order valence-corrected chi connectivity index (χ2v) is 5.98. The van der Waals surface area contributed by atoms with Crippen molar-refractivity contribution >= 4 is 17.8 Å². The molecule has 8 nitrogen and oxygen atoms in total. The lowest BCUT2D eigenvalue weighted by Gasteiger charge is -2.44. The summed E-state index contributed by atoms with van der Waals surface area (Å²) in [4.78, 5) is 39.0. The zero-order chi connectivity index (χ0) is 17.3. The van der Waals surface area contributed by atoms with Gasteiger partial charge in [-0.1, -0.05) is 6.92 Å². The predicted molar refractivity (Wildman–Crippen MR) is 78.5 cm³/mol. The van der Waals surface area contributed by atoms with Gasteiger partial charge in [0, 0.05) is 32.4 Å². The monoisotopic (exact) mass is 335 g/mol. The summed E-state index contributed by atoms with van der Waals surface area (Å²) in [6, 6.07) is 1.88. The van der Waals surface area contributed by atoms with Crippen LogP contribution in [0.1, 0.15) is 36.7 Å². The summed E-state index contributed by atoms with van der Waals surface area (Å²) in [5.41, 5.74) is -1.04. The highest BCUT2D eigenvalue weighted by molar-refractivity contribution is 5.95. The number of carbonyl (C=O) groups is 3. The van der Waals surface area contributed by atoms with Gasteiger partial charge in [-0.25, -0.2) is 0 Å². The van der Waals surface area contributed by atoms with Crippen LogP contribution in [0.4, 0.5) is 0 Å². The Bertz CT molecular complexity index is 633. The van der Waals surface area contributed by atoms with Crippen LogP contribution in [-0.4, -0.2) is 59.0 Å². The van der Waals surface area contributed by atoms with Gasteiger partial charge < -0.3 is 24.0 Å². The van der Waals surface area contributed by atoms with Crippen molar-refractivity contribution in [2.24, 2.45) is 0 Å². The van der Waals surface area contributed by atoms with Gasteiger partial charge in [0.2, 0.25) is 5.91 Å². The smallest absolute Gasteiger partial charge is 0.292 e. The quantitative estimate of drug-likeness (QED) is 0.744. The van der Waals surface area contributed by atoms with E-state index in [1.165, 1.54) is 17.2 Å². The lowest BCUT2D eigenvalue weighted by atomic mass is 9.97. The molecule has 2 aliphatic heterocycles. The number of carboxylic acid groups (broad SMARTS) is 1. The third-order valence-electron chi connectivity index (χ3n) is 4.68. The minimum atomic E-state index is -1.36. The molecule has 24 heavy (non-hydrogen) atoms. The minimum Gasteiger partial charge on any atom is -0.548 e. The van der Waals surface area contributed by atoms with Crippen molar-refractivity contribution in [2.45, 2.75) is 38.0 Å². The first-order valence-corrected chi connectivity index (χ1v) is 7.98. The number of carboxylic acids is 1. The Hall–Kier alpha value is -2.35. The normalized spacial score (nSPS) is 22.8. The summed E-state index contributed by atoms with van der Waals surface area (Å²) in [5, 5.41) is 11.5. The van der Waals surface area contributed by atoms with Gasteiger partial charge in [0.25, 0.3) is 5.91 Å². The highest BCUT2D eigenvalue weighted by Gasteiger charge is 2.52. The maximum absolute atomic E-state index is 12.7. The Morgan fingerprint density at radius 1 is 1.33 bits per heavy atom. The van der Waals surface area contributed by atoms with Crippen molar-refractivity contribution in [3.05, 3.63) is 24.2 Å². The summed E-state index contributed by atoms with van der Waals surface area (Å²) in [5.74, 6) is -1.82. The number of nitrogens with zero attached hydrogens (tertiary/aromatic N) is 2. The molecule has 0 aliphatic carbocycles. The van der Waals surface area contributed by atoms with E-state index >= 15 is 0 Å². The fraction of sp³-hybridized carbons (Fsp3) is 0.562. The van der Waals surface area contributed by atoms with Gasteiger partial charge in [0.05, 0.1) is 24.9 Å². The molecule has 2 aliphatic rings. The fourth-order valence-electron chi connectivity index (χ4n) is 3.40. The molecule has 3 rings (SSSR count). The van der Waals surface area contributed by atoms with Gasteiger partial charge in [-0.05, 0) is 12.1 Å². The van der Waals surface area contributed by atoms with E-state index in [4.69, 9.17) is 9.15 Å². The van der Waals surface area contributed by atoms with E-state index < -0.39 is 23.6 Å². The Morgan fingerprint density at radius 3 is 2.58 bits per heavy atom. The van der Waals surface area contributed by atoms with Crippen LogP contribution in [-0.2, 0) is 14.3 Å². The second-order valence-electron chi connectivity index (χ2n) is 5.98. The molecule has 3 heterocycles. The molecule has 0 aromatic carbocycles. The number of amides is 2. The van der Waals surface area contributed by atoms with E-state index in [1.807, 2.05) is 0 Å². The molecule has 0 saturated carbocycles. The van der Waals surface area contributed by atoms with Crippen molar-refractivity contribution in [1.82, 2.24) is 9.80 Å². The molecular weight excluding hydrogens is 316 g/mol. The number of ether oxygens (including phenoxy) is 1. The number of furan rings is 1. The molecule has 1 aromatic heterocycles. The Morgan fingerprint density at radius 2 is 2.04 bits per heavy atom. The molecule has 8 heteroatoms. The number of hydrogen-bond acceptors (Lipinski definition) is 6. The highest BCUT2D eigenvalue weighted by atomic mass is 16.5. The van der Waals surface area contributed by atoms with E-state index in [0.717, 1.165) is 0 Å². The van der Waals surface area contributed by atoms with Crippen LogP contribution >= 0.6 is 0 Å². The molecule has 0 bridgehead atoms. The maximum Gasteiger partial charge on any atom is 0.292 e. The van der Waals surface area contributed by atoms with E-state index in [1.54, 1.807) is 17.9 Å². The molecule has 2 saturated heterocycles. The first-order valence-electron chi connectivity index (χ1n) is 7.98. The molecule has 1 aromatic rings. The van der Waals surface area contributed by atoms with Gasteiger partial charge in [-0.2, -0.15) is 0 Å². The van der Waals surface area contributed by atoms with Crippen LogP contribution in [0.5, 0.6) is 0 Å². The maximum atomic E-state index is 12.7. The van der Waals surface area contributed by atoms with Gasteiger partial charge in [0.1, 0.15) is 5.72 Å². The Labute approximate surface area is 139 Å². The molecule has 1 spiro atoms. The van der Waals surface area contributed by atoms with Crippen LogP contribution in [0.2, 0.25) is 0 Å². The molecule has 130 valence electrons. The fourth-order valence-corrected chi connectivity index (χ4v) is 3.40. The zero-order valence-electron chi connectivity index (χ0n) is 13.4. The lowest BCUT2D eigenvalue weighted by molar-refractivity contribution is -0.310. The van der Waals surface area contributed by atoms with Crippen molar-refractivity contribution in [3.8, 4) is 0 Å². The summed E-state index contributed by atoms with van der Waals surface area (Å²) in [6.07, 6.45) is 2.47. The molecule has 0 N–H and O–H groups in total. The molecule has 0 unspecified atom stereocenters. The van der Waals surface area contributed by atoms with E-state index in [2.05, 4.69) is 0 Å². The number of aliphatic carboxylic acids is 1. The molecule has 2 amide bonds. The minimum absolute atomic E-state index is 0.0307. The van der Waals surface area contributed by atoms with Gasteiger partial charge in [-0.3, -0.25) is 14.5 Å². The Balaban J connectivity index is 1.85. The third-order valence-corrected chi connectivity index (χ3v) is 4.68.